The van der Waals surface area contributed by atoms with E-state index in [2.05, 4.69) is 54.9 Å². The normalized spacial score (nSPS) is 19.9. The molecule has 2 rings (SSSR count). The summed E-state index contributed by atoms with van der Waals surface area (Å²) in [6, 6.07) is 10.9. The first-order chi connectivity index (χ1) is 7.73. The van der Waals surface area contributed by atoms with Gasteiger partial charge in [0, 0.05) is 14.1 Å². The lowest BCUT2D eigenvalue weighted by molar-refractivity contribution is 0.116. The molecule has 0 aliphatic heterocycles. The van der Waals surface area contributed by atoms with Crippen LogP contribution in [0, 0.1) is 0 Å². The minimum Gasteiger partial charge on any atom is -0.250 e. The predicted octanol–water partition coefficient (Wildman–Crippen LogP) is 2.91. The van der Waals surface area contributed by atoms with E-state index in [4.69, 9.17) is 0 Å². The first-order valence-corrected chi connectivity index (χ1v) is 6.24. The number of nitrogens with zero attached hydrogens (tertiary/aromatic N) is 1. The van der Waals surface area contributed by atoms with Gasteiger partial charge in [-0.05, 0) is 18.4 Å². The average molecular weight is 218 g/mol. The van der Waals surface area contributed by atoms with Crippen LogP contribution in [0.2, 0.25) is 0 Å². The molecular formula is C14H22N2. The summed E-state index contributed by atoms with van der Waals surface area (Å²) in [5, 5.41) is 2.10. The van der Waals surface area contributed by atoms with Gasteiger partial charge in [-0.25, -0.2) is 10.4 Å². The van der Waals surface area contributed by atoms with Gasteiger partial charge in [0.15, 0.2) is 0 Å². The Morgan fingerprint density at radius 2 is 1.62 bits per heavy atom. The molecule has 0 spiro atoms. The van der Waals surface area contributed by atoms with Gasteiger partial charge in [-0.15, -0.1) is 0 Å². The van der Waals surface area contributed by atoms with E-state index >= 15 is 0 Å². The Balaban J connectivity index is 2.26. The van der Waals surface area contributed by atoms with Crippen LogP contribution in [0.5, 0.6) is 0 Å². The summed E-state index contributed by atoms with van der Waals surface area (Å²) < 4.78 is 0. The molecule has 2 heteroatoms. The van der Waals surface area contributed by atoms with E-state index in [1.807, 2.05) is 0 Å². The first kappa shape index (κ1) is 11.6. The van der Waals surface area contributed by atoms with Gasteiger partial charge >= 0.3 is 0 Å². The third-order valence-electron chi connectivity index (χ3n) is 3.47. The molecule has 1 fully saturated rings. The predicted molar refractivity (Wildman–Crippen MR) is 68.0 cm³/mol. The molecule has 0 saturated heterocycles. The minimum absolute atomic E-state index is 0.170. The number of hydrogen-bond acceptors (Lipinski definition) is 2. The smallest absolute Gasteiger partial charge is 0.0574 e. The highest BCUT2D eigenvalue weighted by Crippen LogP contribution is 2.36. The topological polar surface area (TPSA) is 15.3 Å². The largest absolute Gasteiger partial charge is 0.250 e. The molecule has 2 nitrogen and oxygen atoms in total. The van der Waals surface area contributed by atoms with Gasteiger partial charge < -0.3 is 0 Å². The molecule has 88 valence electrons. The van der Waals surface area contributed by atoms with Crippen LogP contribution in [-0.2, 0) is 5.54 Å². The molecular weight excluding hydrogens is 196 g/mol. The maximum atomic E-state index is 3.64. The van der Waals surface area contributed by atoms with Gasteiger partial charge in [-0.2, -0.15) is 0 Å². The summed E-state index contributed by atoms with van der Waals surface area (Å²) in [6.07, 6.45) is 6.53. The second kappa shape index (κ2) is 4.98. The Kier molecular flexibility index (Phi) is 3.62. The van der Waals surface area contributed by atoms with Crippen molar-refractivity contribution in [3.05, 3.63) is 35.9 Å². The van der Waals surface area contributed by atoms with Crippen LogP contribution in [0.1, 0.15) is 37.7 Å². The van der Waals surface area contributed by atoms with Gasteiger partial charge in [0.25, 0.3) is 0 Å². The highest BCUT2D eigenvalue weighted by molar-refractivity contribution is 5.24. The van der Waals surface area contributed by atoms with Crippen LogP contribution in [-0.4, -0.2) is 19.1 Å². The van der Waals surface area contributed by atoms with Gasteiger partial charge in [0.05, 0.1) is 5.54 Å². The number of nitrogens with one attached hydrogen (secondary N) is 1. The monoisotopic (exact) mass is 218 g/mol. The second-order valence-electron chi connectivity index (χ2n) is 5.02. The molecule has 16 heavy (non-hydrogen) atoms. The number of hydrazine groups is 1. The molecule has 1 aliphatic carbocycles. The van der Waals surface area contributed by atoms with Crippen molar-refractivity contribution in [1.29, 1.82) is 0 Å². The molecule has 1 saturated carbocycles. The molecule has 0 unspecified atom stereocenters. The molecule has 0 radical (unpaired) electrons. The third kappa shape index (κ3) is 2.45. The van der Waals surface area contributed by atoms with Crippen molar-refractivity contribution >= 4 is 0 Å². The van der Waals surface area contributed by atoms with E-state index in [0.29, 0.717) is 0 Å². The molecule has 0 aromatic heterocycles. The van der Waals surface area contributed by atoms with Crippen LogP contribution in [0.25, 0.3) is 0 Å². The van der Waals surface area contributed by atoms with Gasteiger partial charge in [0.2, 0.25) is 0 Å². The minimum atomic E-state index is 0.170. The zero-order valence-electron chi connectivity index (χ0n) is 10.4. The zero-order chi connectivity index (χ0) is 11.4. The lowest BCUT2D eigenvalue weighted by Crippen LogP contribution is -2.50. The quantitative estimate of drug-likeness (QED) is 0.785. The van der Waals surface area contributed by atoms with Crippen LogP contribution in [0.4, 0.5) is 0 Å². The maximum Gasteiger partial charge on any atom is 0.0574 e. The zero-order valence-corrected chi connectivity index (χ0v) is 10.4. The lowest BCUT2D eigenvalue weighted by atomic mass is 9.77. The van der Waals surface area contributed by atoms with Crippen LogP contribution >= 0.6 is 0 Å². The molecule has 1 aliphatic rings. The Hall–Kier alpha value is -0.860. The standard InChI is InChI=1S/C14H22N2/c1-16(2)15-14(11-7-4-8-12-14)13-9-5-3-6-10-13/h3,5-6,9-10,15H,4,7-8,11-12H2,1-2H3. The van der Waals surface area contributed by atoms with Crippen LogP contribution < -0.4 is 5.43 Å². The van der Waals surface area contributed by atoms with E-state index in [0.717, 1.165) is 0 Å². The van der Waals surface area contributed by atoms with E-state index in [1.54, 1.807) is 0 Å². The molecule has 0 amide bonds. The number of rotatable bonds is 3. The Labute approximate surface area is 98.6 Å². The van der Waals surface area contributed by atoms with Crippen molar-refractivity contribution < 1.29 is 0 Å². The Morgan fingerprint density at radius 1 is 1.00 bits per heavy atom. The Morgan fingerprint density at radius 3 is 2.19 bits per heavy atom. The molecule has 1 aromatic rings. The fourth-order valence-electron chi connectivity index (χ4n) is 2.81. The molecule has 0 heterocycles. The summed E-state index contributed by atoms with van der Waals surface area (Å²) in [5.74, 6) is 0. The summed E-state index contributed by atoms with van der Waals surface area (Å²) in [7, 11) is 4.17. The molecule has 1 aromatic carbocycles. The van der Waals surface area contributed by atoms with Crippen molar-refractivity contribution in [3.8, 4) is 0 Å². The van der Waals surface area contributed by atoms with Crippen molar-refractivity contribution in [3.63, 3.8) is 0 Å². The van der Waals surface area contributed by atoms with Crippen molar-refractivity contribution in [2.45, 2.75) is 37.6 Å². The first-order valence-electron chi connectivity index (χ1n) is 6.24. The fraction of sp³-hybridized carbons (Fsp3) is 0.571. The summed E-state index contributed by atoms with van der Waals surface area (Å²) in [6.45, 7) is 0. The van der Waals surface area contributed by atoms with E-state index in [9.17, 15) is 0 Å². The summed E-state index contributed by atoms with van der Waals surface area (Å²) in [4.78, 5) is 0. The average Bonchev–Trinajstić information content (AvgIpc) is 2.30. The van der Waals surface area contributed by atoms with Crippen molar-refractivity contribution in [2.24, 2.45) is 0 Å². The highest BCUT2D eigenvalue weighted by atomic mass is 15.5. The maximum absolute atomic E-state index is 3.64. The van der Waals surface area contributed by atoms with Crippen molar-refractivity contribution in [1.82, 2.24) is 10.4 Å². The van der Waals surface area contributed by atoms with Gasteiger partial charge in [-0.1, -0.05) is 49.6 Å². The van der Waals surface area contributed by atoms with Crippen LogP contribution in [0.3, 0.4) is 0 Å². The molecule has 0 bridgehead atoms. The fourth-order valence-corrected chi connectivity index (χ4v) is 2.81. The van der Waals surface area contributed by atoms with Gasteiger partial charge in [-0.3, -0.25) is 0 Å². The number of benzene rings is 1. The lowest BCUT2D eigenvalue weighted by Gasteiger charge is -2.41. The van der Waals surface area contributed by atoms with E-state index in [-0.39, 0.29) is 5.54 Å². The molecule has 0 atom stereocenters. The van der Waals surface area contributed by atoms with E-state index in [1.165, 1.54) is 37.7 Å². The van der Waals surface area contributed by atoms with E-state index < -0.39 is 0 Å². The van der Waals surface area contributed by atoms with Gasteiger partial charge in [0.1, 0.15) is 0 Å². The number of hydrogen-bond donors (Lipinski definition) is 1. The van der Waals surface area contributed by atoms with Crippen LogP contribution in [0.15, 0.2) is 30.3 Å². The second-order valence-corrected chi connectivity index (χ2v) is 5.02. The summed E-state index contributed by atoms with van der Waals surface area (Å²) in [5.41, 5.74) is 5.25. The SMILES string of the molecule is CN(C)NC1(c2ccccc2)CCCCC1. The summed E-state index contributed by atoms with van der Waals surface area (Å²) >= 11 is 0. The highest BCUT2D eigenvalue weighted by Gasteiger charge is 2.33. The third-order valence-corrected chi connectivity index (χ3v) is 3.47. The Bertz CT molecular complexity index is 313. The molecule has 1 N–H and O–H groups in total. The van der Waals surface area contributed by atoms with Crippen molar-refractivity contribution in [2.75, 3.05) is 14.1 Å².